The number of aliphatic hydroxyl groups is 1. The summed E-state index contributed by atoms with van der Waals surface area (Å²) in [6, 6.07) is 9.52. The van der Waals surface area contributed by atoms with Gasteiger partial charge in [-0.05, 0) is 29.1 Å². The fourth-order valence-corrected chi connectivity index (χ4v) is 2.29. The number of aliphatic hydroxyl groups excluding tert-OH is 1. The van der Waals surface area contributed by atoms with Crippen LogP contribution in [0.25, 0.3) is 0 Å². The first-order valence-electron chi connectivity index (χ1n) is 6.28. The SMILES string of the molecule is O=C(NCc1cccc(C#CCCO)c1)c1ccsc1. The van der Waals surface area contributed by atoms with Crippen LogP contribution < -0.4 is 5.32 Å². The molecule has 1 heterocycles. The molecular weight excluding hydrogens is 270 g/mol. The Bertz CT molecular complexity index is 623. The monoisotopic (exact) mass is 285 g/mol. The van der Waals surface area contributed by atoms with E-state index in [1.807, 2.05) is 35.0 Å². The minimum atomic E-state index is -0.0667. The second kappa shape index (κ2) is 7.49. The number of rotatable bonds is 4. The lowest BCUT2D eigenvalue weighted by Gasteiger charge is -2.04. The van der Waals surface area contributed by atoms with Gasteiger partial charge in [0.1, 0.15) is 0 Å². The van der Waals surface area contributed by atoms with Gasteiger partial charge in [0.15, 0.2) is 0 Å². The largest absolute Gasteiger partial charge is 0.395 e. The van der Waals surface area contributed by atoms with Gasteiger partial charge in [0.25, 0.3) is 5.91 Å². The van der Waals surface area contributed by atoms with Crippen LogP contribution in [0.5, 0.6) is 0 Å². The van der Waals surface area contributed by atoms with Gasteiger partial charge >= 0.3 is 0 Å². The lowest BCUT2D eigenvalue weighted by Crippen LogP contribution is -2.22. The zero-order chi connectivity index (χ0) is 14.2. The van der Waals surface area contributed by atoms with Gasteiger partial charge < -0.3 is 10.4 Å². The Kier molecular flexibility index (Phi) is 5.36. The van der Waals surface area contributed by atoms with Crippen LogP contribution in [-0.2, 0) is 6.54 Å². The second-order valence-corrected chi connectivity index (χ2v) is 4.95. The molecule has 1 aromatic heterocycles. The van der Waals surface area contributed by atoms with Crippen LogP contribution >= 0.6 is 11.3 Å². The quantitative estimate of drug-likeness (QED) is 0.848. The molecule has 0 saturated carbocycles. The Morgan fingerprint density at radius 2 is 2.25 bits per heavy atom. The Morgan fingerprint density at radius 1 is 1.35 bits per heavy atom. The molecule has 0 bridgehead atoms. The Hall–Kier alpha value is -2.09. The van der Waals surface area contributed by atoms with E-state index < -0.39 is 0 Å². The predicted octanol–water partition coefficient (Wildman–Crippen LogP) is 2.41. The maximum Gasteiger partial charge on any atom is 0.252 e. The number of thiophene rings is 1. The summed E-state index contributed by atoms with van der Waals surface area (Å²) in [5, 5.41) is 15.3. The van der Waals surface area contributed by atoms with Crippen LogP contribution in [0.4, 0.5) is 0 Å². The van der Waals surface area contributed by atoms with Crippen molar-refractivity contribution in [3.63, 3.8) is 0 Å². The summed E-state index contributed by atoms with van der Waals surface area (Å²) in [6.45, 7) is 0.549. The third kappa shape index (κ3) is 4.23. The summed E-state index contributed by atoms with van der Waals surface area (Å²) in [6.07, 6.45) is 0.471. The van der Waals surface area contributed by atoms with Crippen molar-refractivity contribution in [2.24, 2.45) is 0 Å². The van der Waals surface area contributed by atoms with Gasteiger partial charge in [-0.3, -0.25) is 4.79 Å². The van der Waals surface area contributed by atoms with Crippen molar-refractivity contribution >= 4 is 17.2 Å². The number of hydrogen-bond acceptors (Lipinski definition) is 3. The first-order chi connectivity index (χ1) is 9.79. The first kappa shape index (κ1) is 14.3. The van der Waals surface area contributed by atoms with E-state index in [-0.39, 0.29) is 12.5 Å². The van der Waals surface area contributed by atoms with Crippen LogP contribution in [0.1, 0.15) is 27.9 Å². The van der Waals surface area contributed by atoms with Crippen molar-refractivity contribution in [3.05, 3.63) is 57.8 Å². The normalized spacial score (nSPS) is 9.65. The molecule has 4 heteroatoms. The van der Waals surface area contributed by atoms with Crippen LogP contribution in [0.15, 0.2) is 41.1 Å². The zero-order valence-electron chi connectivity index (χ0n) is 10.9. The molecule has 0 saturated heterocycles. The standard InChI is InChI=1S/C16H15NO2S/c18-8-2-1-4-13-5-3-6-14(10-13)11-17-16(19)15-7-9-20-12-15/h3,5-7,9-10,12,18H,2,8,11H2,(H,17,19). The van der Waals surface area contributed by atoms with E-state index in [0.717, 1.165) is 11.1 Å². The molecule has 0 radical (unpaired) electrons. The van der Waals surface area contributed by atoms with E-state index in [2.05, 4.69) is 17.2 Å². The highest BCUT2D eigenvalue weighted by molar-refractivity contribution is 7.08. The van der Waals surface area contributed by atoms with Crippen molar-refractivity contribution < 1.29 is 9.90 Å². The smallest absolute Gasteiger partial charge is 0.252 e. The van der Waals surface area contributed by atoms with Gasteiger partial charge in [-0.2, -0.15) is 11.3 Å². The average molecular weight is 285 g/mol. The van der Waals surface area contributed by atoms with E-state index in [1.165, 1.54) is 11.3 Å². The molecule has 3 nitrogen and oxygen atoms in total. The van der Waals surface area contributed by atoms with Crippen molar-refractivity contribution in [1.82, 2.24) is 5.32 Å². The van der Waals surface area contributed by atoms with Gasteiger partial charge in [0.2, 0.25) is 0 Å². The number of carbonyl (C=O) groups is 1. The molecule has 0 spiro atoms. The van der Waals surface area contributed by atoms with E-state index in [1.54, 1.807) is 6.07 Å². The van der Waals surface area contributed by atoms with Gasteiger partial charge in [-0.25, -0.2) is 0 Å². The van der Waals surface area contributed by atoms with Crippen LogP contribution in [0.2, 0.25) is 0 Å². The Labute approximate surface area is 122 Å². The fraction of sp³-hybridized carbons (Fsp3) is 0.188. The maximum atomic E-state index is 11.8. The summed E-state index contributed by atoms with van der Waals surface area (Å²) >= 11 is 1.50. The molecule has 0 fully saturated rings. The van der Waals surface area contributed by atoms with Gasteiger partial charge in [0.05, 0.1) is 6.61 Å². The second-order valence-electron chi connectivity index (χ2n) is 4.17. The molecule has 0 aliphatic rings. The summed E-state index contributed by atoms with van der Waals surface area (Å²) in [5.74, 6) is 5.79. The predicted molar refractivity (Wildman–Crippen MR) is 80.5 cm³/mol. The van der Waals surface area contributed by atoms with E-state index in [9.17, 15) is 4.79 Å². The van der Waals surface area contributed by atoms with Crippen molar-refractivity contribution in [1.29, 1.82) is 0 Å². The molecule has 2 aromatic rings. The molecule has 0 aliphatic heterocycles. The Morgan fingerprint density at radius 3 is 3.00 bits per heavy atom. The zero-order valence-corrected chi connectivity index (χ0v) is 11.7. The molecule has 2 rings (SSSR count). The lowest BCUT2D eigenvalue weighted by molar-refractivity contribution is 0.0951. The topological polar surface area (TPSA) is 49.3 Å². The molecule has 2 N–H and O–H groups in total. The third-order valence-corrected chi connectivity index (χ3v) is 3.32. The number of hydrogen-bond donors (Lipinski definition) is 2. The summed E-state index contributed by atoms with van der Waals surface area (Å²) < 4.78 is 0. The molecule has 1 aromatic carbocycles. The van der Waals surface area contributed by atoms with E-state index in [4.69, 9.17) is 5.11 Å². The van der Waals surface area contributed by atoms with Crippen molar-refractivity contribution in [2.75, 3.05) is 6.61 Å². The minimum absolute atomic E-state index is 0.0667. The lowest BCUT2D eigenvalue weighted by atomic mass is 10.1. The number of amides is 1. The molecule has 0 unspecified atom stereocenters. The van der Waals surface area contributed by atoms with Gasteiger partial charge in [-0.1, -0.05) is 24.0 Å². The van der Waals surface area contributed by atoms with Gasteiger partial charge in [-0.15, -0.1) is 0 Å². The Balaban J connectivity index is 1.95. The van der Waals surface area contributed by atoms with Crippen LogP contribution in [0, 0.1) is 11.8 Å². The summed E-state index contributed by atoms with van der Waals surface area (Å²) in [5.41, 5.74) is 2.58. The van der Waals surface area contributed by atoms with Gasteiger partial charge in [0, 0.05) is 29.5 Å². The average Bonchev–Trinajstić information content (AvgIpc) is 3.00. The first-order valence-corrected chi connectivity index (χ1v) is 7.23. The highest BCUT2D eigenvalue weighted by Gasteiger charge is 2.04. The molecule has 1 amide bonds. The number of benzene rings is 1. The molecule has 0 aliphatic carbocycles. The van der Waals surface area contributed by atoms with E-state index in [0.29, 0.717) is 18.5 Å². The van der Waals surface area contributed by atoms with Crippen molar-refractivity contribution in [3.8, 4) is 11.8 Å². The summed E-state index contributed by atoms with van der Waals surface area (Å²) in [7, 11) is 0. The number of nitrogens with one attached hydrogen (secondary N) is 1. The minimum Gasteiger partial charge on any atom is -0.395 e. The summed E-state index contributed by atoms with van der Waals surface area (Å²) in [4.78, 5) is 11.8. The van der Waals surface area contributed by atoms with E-state index >= 15 is 0 Å². The molecular formula is C16H15NO2S. The highest BCUT2D eigenvalue weighted by Crippen LogP contribution is 2.07. The number of carbonyl (C=O) groups excluding carboxylic acids is 1. The highest BCUT2D eigenvalue weighted by atomic mass is 32.1. The fourth-order valence-electron chi connectivity index (χ4n) is 1.66. The molecule has 0 atom stereocenters. The van der Waals surface area contributed by atoms with Crippen molar-refractivity contribution in [2.45, 2.75) is 13.0 Å². The third-order valence-electron chi connectivity index (χ3n) is 2.63. The van der Waals surface area contributed by atoms with Crippen LogP contribution in [0.3, 0.4) is 0 Å². The maximum absolute atomic E-state index is 11.8. The van der Waals surface area contributed by atoms with Crippen LogP contribution in [-0.4, -0.2) is 17.6 Å². The molecule has 102 valence electrons. The molecule has 20 heavy (non-hydrogen) atoms.